The second-order valence-corrected chi connectivity index (χ2v) is 5.47. The molecule has 0 aliphatic rings. The summed E-state index contributed by atoms with van der Waals surface area (Å²) < 4.78 is 6.46. The van der Waals surface area contributed by atoms with Crippen molar-refractivity contribution in [1.29, 1.82) is 0 Å². The molecule has 0 radical (unpaired) electrons. The van der Waals surface area contributed by atoms with E-state index in [9.17, 15) is 9.90 Å². The average molecular weight is 311 g/mol. The van der Waals surface area contributed by atoms with Crippen LogP contribution in [0.1, 0.15) is 34.1 Å². The summed E-state index contributed by atoms with van der Waals surface area (Å²) >= 11 is 0. The van der Waals surface area contributed by atoms with E-state index in [4.69, 9.17) is 4.74 Å². The third kappa shape index (κ3) is 2.27. The molecule has 6 nitrogen and oxygen atoms in total. The monoisotopic (exact) mass is 311 g/mol. The average Bonchev–Trinajstić information content (AvgIpc) is 2.87. The van der Waals surface area contributed by atoms with Gasteiger partial charge in [-0.2, -0.15) is 5.10 Å². The van der Waals surface area contributed by atoms with Crippen LogP contribution in [0.25, 0.3) is 5.52 Å². The summed E-state index contributed by atoms with van der Waals surface area (Å²) in [6, 6.07) is 7.05. The zero-order valence-electron chi connectivity index (χ0n) is 13.1. The molecule has 3 heterocycles. The molecule has 0 aliphatic heterocycles. The first-order valence-electron chi connectivity index (χ1n) is 7.16. The number of pyridine rings is 1. The lowest BCUT2D eigenvalue weighted by Gasteiger charge is -2.24. The van der Waals surface area contributed by atoms with E-state index in [1.807, 2.05) is 0 Å². The summed E-state index contributed by atoms with van der Waals surface area (Å²) in [6.07, 6.45) is 4.84. The van der Waals surface area contributed by atoms with Crippen LogP contribution in [-0.2, 0) is 10.3 Å². The SMILES string of the molecule is COC(=O)c1c(C)c(C(C)(O)c2cccnc2)n2ncccc12. The van der Waals surface area contributed by atoms with Gasteiger partial charge in [0.2, 0.25) is 0 Å². The molecule has 3 aromatic rings. The molecule has 0 saturated carbocycles. The second kappa shape index (κ2) is 5.48. The first-order valence-corrected chi connectivity index (χ1v) is 7.16. The summed E-state index contributed by atoms with van der Waals surface area (Å²) in [5.41, 5.74) is 1.40. The highest BCUT2D eigenvalue weighted by atomic mass is 16.5. The molecule has 1 N–H and O–H groups in total. The van der Waals surface area contributed by atoms with E-state index in [0.29, 0.717) is 27.9 Å². The van der Waals surface area contributed by atoms with Crippen molar-refractivity contribution in [2.45, 2.75) is 19.4 Å². The largest absolute Gasteiger partial charge is 0.465 e. The Hall–Kier alpha value is -2.73. The van der Waals surface area contributed by atoms with Crippen LogP contribution in [0.2, 0.25) is 0 Å². The smallest absolute Gasteiger partial charge is 0.340 e. The van der Waals surface area contributed by atoms with Crippen molar-refractivity contribution < 1.29 is 14.6 Å². The molecule has 0 saturated heterocycles. The predicted octanol–water partition coefficient (Wildman–Crippen LogP) is 2.08. The molecular weight excluding hydrogens is 294 g/mol. The van der Waals surface area contributed by atoms with Crippen LogP contribution in [0, 0.1) is 6.92 Å². The lowest BCUT2D eigenvalue weighted by Crippen LogP contribution is -2.26. The Labute approximate surface area is 133 Å². The molecule has 0 aromatic carbocycles. The highest BCUT2D eigenvalue weighted by molar-refractivity contribution is 5.99. The summed E-state index contributed by atoms with van der Waals surface area (Å²) in [4.78, 5) is 16.2. The Morgan fingerprint density at radius 2 is 2.04 bits per heavy atom. The standard InChI is InChI=1S/C17H17N3O3/c1-11-14(16(21)23-3)13-7-5-9-19-20(13)15(11)17(2,22)12-6-4-8-18-10-12/h4-10,22H,1-3H3. The summed E-state index contributed by atoms with van der Waals surface area (Å²) in [7, 11) is 1.33. The number of hydrogen-bond donors (Lipinski definition) is 1. The molecule has 118 valence electrons. The van der Waals surface area contributed by atoms with Gasteiger partial charge in [-0.3, -0.25) is 4.98 Å². The van der Waals surface area contributed by atoms with Crippen LogP contribution >= 0.6 is 0 Å². The first kappa shape index (κ1) is 15.2. The van der Waals surface area contributed by atoms with Gasteiger partial charge in [-0.05, 0) is 37.6 Å². The summed E-state index contributed by atoms with van der Waals surface area (Å²) in [6.45, 7) is 3.44. The number of fused-ring (bicyclic) bond motifs is 1. The van der Waals surface area contributed by atoms with Crippen molar-refractivity contribution >= 4 is 11.5 Å². The molecule has 23 heavy (non-hydrogen) atoms. The van der Waals surface area contributed by atoms with Crippen molar-refractivity contribution in [2.75, 3.05) is 7.11 Å². The predicted molar refractivity (Wildman–Crippen MR) is 84.2 cm³/mol. The highest BCUT2D eigenvalue weighted by Gasteiger charge is 2.35. The van der Waals surface area contributed by atoms with Crippen molar-refractivity contribution in [1.82, 2.24) is 14.6 Å². The number of carbonyl (C=O) groups excluding carboxylic acids is 1. The number of rotatable bonds is 3. The topological polar surface area (TPSA) is 76.7 Å². The van der Waals surface area contributed by atoms with Gasteiger partial charge in [-0.15, -0.1) is 0 Å². The number of carbonyl (C=O) groups is 1. The normalized spacial score (nSPS) is 13.7. The molecular formula is C17H17N3O3. The van der Waals surface area contributed by atoms with Crippen LogP contribution in [0.4, 0.5) is 0 Å². The minimum absolute atomic E-state index is 0.403. The Kier molecular flexibility index (Phi) is 3.61. The van der Waals surface area contributed by atoms with E-state index in [0.717, 1.165) is 0 Å². The maximum Gasteiger partial charge on any atom is 0.340 e. The molecule has 6 heteroatoms. The minimum atomic E-state index is -1.36. The van der Waals surface area contributed by atoms with Crippen LogP contribution < -0.4 is 0 Å². The fraction of sp³-hybridized carbons (Fsp3) is 0.235. The van der Waals surface area contributed by atoms with E-state index >= 15 is 0 Å². The number of aliphatic hydroxyl groups is 1. The summed E-state index contributed by atoms with van der Waals surface area (Å²) in [5.74, 6) is -0.457. The number of aromatic nitrogens is 3. The Morgan fingerprint density at radius 1 is 1.30 bits per heavy atom. The number of methoxy groups -OCH3 is 1. The van der Waals surface area contributed by atoms with Crippen LogP contribution in [0.15, 0.2) is 42.9 Å². The molecule has 1 unspecified atom stereocenters. The van der Waals surface area contributed by atoms with E-state index in [1.165, 1.54) is 7.11 Å². The van der Waals surface area contributed by atoms with Gasteiger partial charge >= 0.3 is 5.97 Å². The van der Waals surface area contributed by atoms with Gasteiger partial charge in [-0.25, -0.2) is 9.31 Å². The highest BCUT2D eigenvalue weighted by Crippen LogP contribution is 2.35. The molecule has 3 aromatic heterocycles. The molecule has 0 amide bonds. The zero-order valence-corrected chi connectivity index (χ0v) is 13.1. The number of ether oxygens (including phenoxy) is 1. The van der Waals surface area contributed by atoms with Crippen LogP contribution in [0.3, 0.4) is 0 Å². The minimum Gasteiger partial charge on any atom is -0.465 e. The van der Waals surface area contributed by atoms with Gasteiger partial charge in [0.05, 0.1) is 23.9 Å². The van der Waals surface area contributed by atoms with Crippen LogP contribution in [-0.4, -0.2) is 32.8 Å². The maximum atomic E-state index is 12.2. The lowest BCUT2D eigenvalue weighted by atomic mass is 9.91. The van der Waals surface area contributed by atoms with E-state index in [2.05, 4.69) is 10.1 Å². The van der Waals surface area contributed by atoms with Gasteiger partial charge in [0.15, 0.2) is 0 Å². The quantitative estimate of drug-likeness (QED) is 0.749. The van der Waals surface area contributed by atoms with Crippen LogP contribution in [0.5, 0.6) is 0 Å². The van der Waals surface area contributed by atoms with E-state index in [1.54, 1.807) is 61.2 Å². The Morgan fingerprint density at radius 3 is 2.70 bits per heavy atom. The molecule has 0 aliphatic carbocycles. The Bertz CT molecular complexity index is 869. The number of esters is 1. The maximum absolute atomic E-state index is 12.2. The molecule has 3 rings (SSSR count). The van der Waals surface area contributed by atoms with Gasteiger partial charge in [0, 0.05) is 24.2 Å². The fourth-order valence-electron chi connectivity index (χ4n) is 2.93. The molecule has 0 spiro atoms. The zero-order chi connectivity index (χ0) is 16.6. The van der Waals surface area contributed by atoms with Gasteiger partial charge in [0.1, 0.15) is 5.60 Å². The number of nitrogens with zero attached hydrogens (tertiary/aromatic N) is 3. The van der Waals surface area contributed by atoms with Gasteiger partial charge < -0.3 is 9.84 Å². The van der Waals surface area contributed by atoms with Crippen molar-refractivity contribution in [3.63, 3.8) is 0 Å². The molecule has 0 bridgehead atoms. The van der Waals surface area contributed by atoms with Crippen molar-refractivity contribution in [3.8, 4) is 0 Å². The van der Waals surface area contributed by atoms with E-state index in [-0.39, 0.29) is 0 Å². The Balaban J connectivity index is 2.34. The van der Waals surface area contributed by atoms with Crippen molar-refractivity contribution in [3.05, 3.63) is 65.2 Å². The third-order valence-electron chi connectivity index (χ3n) is 4.02. The molecule has 0 fully saturated rings. The molecule has 1 atom stereocenters. The van der Waals surface area contributed by atoms with E-state index < -0.39 is 11.6 Å². The van der Waals surface area contributed by atoms with Gasteiger partial charge in [-0.1, -0.05) is 6.07 Å². The second-order valence-electron chi connectivity index (χ2n) is 5.47. The first-order chi connectivity index (χ1) is 11.0. The lowest BCUT2D eigenvalue weighted by molar-refractivity contribution is 0.0602. The third-order valence-corrected chi connectivity index (χ3v) is 4.02. The summed E-state index contributed by atoms with van der Waals surface area (Å²) in [5, 5.41) is 15.5. The number of hydrogen-bond acceptors (Lipinski definition) is 5. The fourth-order valence-corrected chi connectivity index (χ4v) is 2.93. The van der Waals surface area contributed by atoms with Crippen molar-refractivity contribution in [2.24, 2.45) is 0 Å². The van der Waals surface area contributed by atoms with Gasteiger partial charge in [0.25, 0.3) is 0 Å².